The Morgan fingerprint density at radius 1 is 0.750 bits per heavy atom. The summed E-state index contributed by atoms with van der Waals surface area (Å²) in [5, 5.41) is 0. The van der Waals surface area contributed by atoms with Gasteiger partial charge < -0.3 is 9.47 Å². The van der Waals surface area contributed by atoms with Gasteiger partial charge in [0.05, 0.1) is 7.11 Å². The molecule has 1 aromatic carbocycles. The van der Waals surface area contributed by atoms with Gasteiger partial charge in [-0.25, -0.2) is 4.79 Å². The number of hydrogen-bond donors (Lipinski definition) is 0. The summed E-state index contributed by atoms with van der Waals surface area (Å²) in [4.78, 5) is 23.7. The molecular formula is C24H38O4. The maximum absolute atomic E-state index is 12.0. The number of para-hydroxylation sites is 1. The van der Waals surface area contributed by atoms with Crippen LogP contribution in [-0.2, 0) is 9.53 Å². The van der Waals surface area contributed by atoms with Crippen molar-refractivity contribution < 1.29 is 19.1 Å². The van der Waals surface area contributed by atoms with Gasteiger partial charge in [-0.05, 0) is 18.6 Å². The largest absolute Gasteiger partial charge is 0.465 e. The predicted molar refractivity (Wildman–Crippen MR) is 114 cm³/mol. The summed E-state index contributed by atoms with van der Waals surface area (Å²) in [6.07, 6.45) is 16.9. The Hall–Kier alpha value is -1.84. The molecule has 0 aromatic heterocycles. The highest BCUT2D eigenvalue weighted by molar-refractivity contribution is 5.93. The van der Waals surface area contributed by atoms with Crippen LogP contribution in [0.4, 0.5) is 0 Å². The van der Waals surface area contributed by atoms with Crippen LogP contribution in [0.2, 0.25) is 0 Å². The summed E-state index contributed by atoms with van der Waals surface area (Å²) in [6, 6.07) is 6.67. The summed E-state index contributed by atoms with van der Waals surface area (Å²) in [6.45, 7) is 2.26. The molecule has 0 saturated carbocycles. The molecule has 4 nitrogen and oxygen atoms in total. The topological polar surface area (TPSA) is 52.6 Å². The zero-order valence-corrected chi connectivity index (χ0v) is 17.8. The monoisotopic (exact) mass is 390 g/mol. The molecule has 1 aromatic rings. The van der Waals surface area contributed by atoms with Crippen LogP contribution in [0.15, 0.2) is 24.3 Å². The molecule has 158 valence electrons. The molecule has 0 atom stereocenters. The van der Waals surface area contributed by atoms with Gasteiger partial charge in [-0.3, -0.25) is 4.79 Å². The lowest BCUT2D eigenvalue weighted by atomic mass is 10.0. The standard InChI is InChI=1S/C24H38O4/c1-3-4-5-6-7-8-9-10-11-12-13-14-15-20-23(25)28-22-19-17-16-18-21(22)24(26)27-2/h16-19H,3-15,20H2,1-2H3. The molecule has 0 radical (unpaired) electrons. The number of carbonyl (C=O) groups excluding carboxylic acids is 2. The van der Waals surface area contributed by atoms with Crippen molar-refractivity contribution in [3.05, 3.63) is 29.8 Å². The Labute approximate surface area is 171 Å². The van der Waals surface area contributed by atoms with Crippen molar-refractivity contribution in [2.75, 3.05) is 7.11 Å². The van der Waals surface area contributed by atoms with Gasteiger partial charge >= 0.3 is 11.9 Å². The van der Waals surface area contributed by atoms with E-state index in [4.69, 9.17) is 9.47 Å². The average molecular weight is 391 g/mol. The molecule has 0 saturated heterocycles. The molecule has 0 fully saturated rings. The smallest absolute Gasteiger partial charge is 0.341 e. The lowest BCUT2D eigenvalue weighted by Crippen LogP contribution is -2.11. The summed E-state index contributed by atoms with van der Waals surface area (Å²) in [5.74, 6) is -0.516. The molecule has 0 aliphatic heterocycles. The predicted octanol–water partition coefficient (Wildman–Crippen LogP) is 6.86. The number of hydrogen-bond acceptors (Lipinski definition) is 4. The Morgan fingerprint density at radius 2 is 1.25 bits per heavy atom. The van der Waals surface area contributed by atoms with E-state index in [1.807, 2.05) is 0 Å². The van der Waals surface area contributed by atoms with Crippen LogP contribution in [0.1, 0.15) is 107 Å². The second-order valence-corrected chi connectivity index (χ2v) is 7.45. The van der Waals surface area contributed by atoms with Crippen molar-refractivity contribution in [3.8, 4) is 5.75 Å². The number of ether oxygens (including phenoxy) is 2. The van der Waals surface area contributed by atoms with Crippen molar-refractivity contribution in [2.24, 2.45) is 0 Å². The van der Waals surface area contributed by atoms with E-state index < -0.39 is 5.97 Å². The van der Waals surface area contributed by atoms with Crippen molar-refractivity contribution in [2.45, 2.75) is 96.8 Å². The zero-order chi connectivity index (χ0) is 20.5. The molecule has 0 spiro atoms. The van der Waals surface area contributed by atoms with Gasteiger partial charge in [-0.1, -0.05) is 96.1 Å². The lowest BCUT2D eigenvalue weighted by Gasteiger charge is -2.08. The van der Waals surface area contributed by atoms with Crippen molar-refractivity contribution in [3.63, 3.8) is 0 Å². The van der Waals surface area contributed by atoms with Gasteiger partial charge in [0.1, 0.15) is 11.3 Å². The first-order valence-electron chi connectivity index (χ1n) is 11.1. The molecule has 0 heterocycles. The quantitative estimate of drug-likeness (QED) is 0.176. The first-order chi connectivity index (χ1) is 13.7. The third-order valence-corrected chi connectivity index (χ3v) is 5.00. The molecule has 4 heteroatoms. The number of benzene rings is 1. The first-order valence-corrected chi connectivity index (χ1v) is 11.1. The van der Waals surface area contributed by atoms with Crippen LogP contribution in [0.3, 0.4) is 0 Å². The number of methoxy groups -OCH3 is 1. The molecule has 0 amide bonds. The molecule has 0 N–H and O–H groups in total. The van der Waals surface area contributed by atoms with E-state index in [2.05, 4.69) is 6.92 Å². The minimum atomic E-state index is -0.496. The maximum Gasteiger partial charge on any atom is 0.341 e. The van der Waals surface area contributed by atoms with Crippen LogP contribution in [0, 0.1) is 0 Å². The molecule has 0 unspecified atom stereocenters. The van der Waals surface area contributed by atoms with E-state index in [0.717, 1.165) is 12.8 Å². The van der Waals surface area contributed by atoms with Crippen LogP contribution >= 0.6 is 0 Å². The van der Waals surface area contributed by atoms with E-state index in [0.29, 0.717) is 6.42 Å². The number of esters is 2. The normalized spacial score (nSPS) is 10.6. The highest BCUT2D eigenvalue weighted by atomic mass is 16.5. The van der Waals surface area contributed by atoms with Gasteiger partial charge in [-0.15, -0.1) is 0 Å². The van der Waals surface area contributed by atoms with Gasteiger partial charge in [-0.2, -0.15) is 0 Å². The van der Waals surface area contributed by atoms with Gasteiger partial charge in [0.15, 0.2) is 0 Å². The fourth-order valence-corrected chi connectivity index (χ4v) is 3.30. The highest BCUT2D eigenvalue weighted by Gasteiger charge is 2.14. The summed E-state index contributed by atoms with van der Waals surface area (Å²) in [5.41, 5.74) is 0.281. The molecule has 0 bridgehead atoms. The van der Waals surface area contributed by atoms with Crippen LogP contribution in [0.5, 0.6) is 5.75 Å². The Kier molecular flexibility index (Phi) is 14.0. The molecule has 0 aliphatic rings. The molecule has 0 aliphatic carbocycles. The average Bonchev–Trinajstić information content (AvgIpc) is 2.71. The van der Waals surface area contributed by atoms with Gasteiger partial charge in [0, 0.05) is 6.42 Å². The second kappa shape index (κ2) is 16.1. The van der Waals surface area contributed by atoms with Crippen molar-refractivity contribution >= 4 is 11.9 Å². The van der Waals surface area contributed by atoms with Crippen molar-refractivity contribution in [1.29, 1.82) is 0 Å². The fourth-order valence-electron chi connectivity index (χ4n) is 3.30. The minimum absolute atomic E-state index is 0.272. The Bertz CT molecular complexity index is 553. The van der Waals surface area contributed by atoms with E-state index in [1.54, 1.807) is 24.3 Å². The van der Waals surface area contributed by atoms with Gasteiger partial charge in [0.25, 0.3) is 0 Å². The van der Waals surface area contributed by atoms with Gasteiger partial charge in [0.2, 0.25) is 0 Å². The molecule has 1 rings (SSSR count). The third-order valence-electron chi connectivity index (χ3n) is 5.00. The molecule has 28 heavy (non-hydrogen) atoms. The fraction of sp³-hybridized carbons (Fsp3) is 0.667. The zero-order valence-electron chi connectivity index (χ0n) is 17.8. The molecular weight excluding hydrogens is 352 g/mol. The summed E-state index contributed by atoms with van der Waals surface area (Å²) >= 11 is 0. The maximum atomic E-state index is 12.0. The number of unbranched alkanes of at least 4 members (excludes halogenated alkanes) is 12. The second-order valence-electron chi connectivity index (χ2n) is 7.45. The highest BCUT2D eigenvalue weighted by Crippen LogP contribution is 2.20. The number of rotatable bonds is 16. The van der Waals surface area contributed by atoms with Crippen LogP contribution in [0.25, 0.3) is 0 Å². The van der Waals surface area contributed by atoms with E-state index in [1.165, 1.54) is 77.7 Å². The minimum Gasteiger partial charge on any atom is -0.465 e. The first kappa shape index (κ1) is 24.2. The van der Waals surface area contributed by atoms with E-state index >= 15 is 0 Å². The number of carbonyl (C=O) groups is 2. The Balaban J connectivity index is 2.02. The van der Waals surface area contributed by atoms with E-state index in [9.17, 15) is 9.59 Å². The summed E-state index contributed by atoms with van der Waals surface area (Å²) in [7, 11) is 1.31. The van der Waals surface area contributed by atoms with Crippen LogP contribution < -0.4 is 4.74 Å². The SMILES string of the molecule is CCCCCCCCCCCCCCCC(=O)Oc1ccccc1C(=O)OC. The summed E-state index contributed by atoms with van der Waals surface area (Å²) < 4.78 is 10.0. The van der Waals surface area contributed by atoms with E-state index in [-0.39, 0.29) is 17.3 Å². The third kappa shape index (κ3) is 11.1. The van der Waals surface area contributed by atoms with Crippen LogP contribution in [-0.4, -0.2) is 19.0 Å². The van der Waals surface area contributed by atoms with Crippen molar-refractivity contribution in [1.82, 2.24) is 0 Å². The Morgan fingerprint density at radius 3 is 1.79 bits per heavy atom. The lowest BCUT2D eigenvalue weighted by molar-refractivity contribution is -0.134.